The molecule has 10 heteroatoms. The molecule has 194 valence electrons. The number of hydrogen-bond donors (Lipinski definition) is 0. The van der Waals surface area contributed by atoms with E-state index in [0.717, 1.165) is 17.0 Å². The van der Waals surface area contributed by atoms with E-state index in [9.17, 15) is 25.2 Å². The number of allylic oxidation sites excluding steroid dienone is 1. The molecule has 0 aliphatic rings. The SMILES string of the molecule is C/C(=C\c1ccccc1)c1c[n+](C)c2c(-c3ccccc3)c(C)c3cccnc3n12.F[P-](F)(F)(F)(F)F. The van der Waals surface area contributed by atoms with E-state index in [0.29, 0.717) is 0 Å². The predicted molar refractivity (Wildman–Crippen MR) is 138 cm³/mol. The number of benzene rings is 2. The number of halogens is 6. The molecule has 5 aromatic rings. The zero-order chi connectivity index (χ0) is 27.1. The molecule has 0 radical (unpaired) electrons. The summed E-state index contributed by atoms with van der Waals surface area (Å²) in [5, 5.41) is 1.17. The van der Waals surface area contributed by atoms with Crippen molar-refractivity contribution in [2.24, 2.45) is 7.05 Å². The summed E-state index contributed by atoms with van der Waals surface area (Å²) in [6.07, 6.45) is 6.33. The van der Waals surface area contributed by atoms with Crippen molar-refractivity contribution in [3.63, 3.8) is 0 Å². The second kappa shape index (κ2) is 8.70. The standard InChI is InChI=1S/C27H24N3.F6P/c1-19(17-21-11-6-4-7-12-21)24-18-29(3)27-25(22-13-8-5-9-14-22)20(2)23-15-10-16-28-26(23)30(24)27;1-7(2,3,4,5)6/h4-18H,1-3H3;/q+1;-1/b19-17+;. The van der Waals surface area contributed by atoms with Crippen molar-refractivity contribution in [2.75, 3.05) is 0 Å². The quantitative estimate of drug-likeness (QED) is 0.128. The van der Waals surface area contributed by atoms with Crippen LogP contribution in [0.1, 0.15) is 23.7 Å². The predicted octanol–water partition coefficient (Wildman–Crippen LogP) is 9.23. The number of imidazole rings is 1. The molecule has 0 N–H and O–H groups in total. The Morgan fingerprint density at radius 1 is 0.865 bits per heavy atom. The van der Waals surface area contributed by atoms with Crippen molar-refractivity contribution in [1.29, 1.82) is 0 Å². The first-order valence-corrected chi connectivity index (χ1v) is 13.3. The van der Waals surface area contributed by atoms with Gasteiger partial charge in [0.2, 0.25) is 5.65 Å². The third kappa shape index (κ3) is 6.54. The second-order valence-corrected chi connectivity index (χ2v) is 10.6. The Kier molecular flexibility index (Phi) is 6.20. The van der Waals surface area contributed by atoms with Crippen LogP contribution in [0.4, 0.5) is 25.2 Å². The van der Waals surface area contributed by atoms with Crippen LogP contribution >= 0.6 is 7.81 Å². The van der Waals surface area contributed by atoms with E-state index in [4.69, 9.17) is 4.98 Å². The Morgan fingerprint density at radius 3 is 2.03 bits per heavy atom. The van der Waals surface area contributed by atoms with Crippen molar-refractivity contribution in [3.8, 4) is 11.1 Å². The summed E-state index contributed by atoms with van der Waals surface area (Å²) in [5.74, 6) is 0. The van der Waals surface area contributed by atoms with E-state index in [1.165, 1.54) is 33.2 Å². The summed E-state index contributed by atoms with van der Waals surface area (Å²) in [6, 6.07) is 25.3. The van der Waals surface area contributed by atoms with E-state index in [1.54, 1.807) is 0 Å². The molecule has 5 rings (SSSR count). The number of rotatable bonds is 3. The van der Waals surface area contributed by atoms with Crippen molar-refractivity contribution in [1.82, 2.24) is 9.38 Å². The zero-order valence-electron chi connectivity index (χ0n) is 20.2. The summed E-state index contributed by atoms with van der Waals surface area (Å²) in [6.45, 7) is 4.37. The summed E-state index contributed by atoms with van der Waals surface area (Å²) < 4.78 is 63.7. The van der Waals surface area contributed by atoms with Crippen LogP contribution in [0.3, 0.4) is 0 Å². The van der Waals surface area contributed by atoms with Crippen molar-refractivity contribution >= 4 is 36.1 Å². The van der Waals surface area contributed by atoms with E-state index in [1.807, 2.05) is 18.3 Å². The fourth-order valence-corrected chi connectivity index (χ4v) is 4.35. The maximum absolute atomic E-state index is 10.7. The van der Waals surface area contributed by atoms with Gasteiger partial charge in [-0.25, -0.2) is 9.55 Å². The summed E-state index contributed by atoms with van der Waals surface area (Å²) in [7, 11) is -8.54. The molecule has 3 aromatic heterocycles. The molecule has 0 saturated heterocycles. The van der Waals surface area contributed by atoms with Gasteiger partial charge in [0.05, 0.1) is 12.6 Å². The molecule has 0 aliphatic heterocycles. The number of fused-ring (bicyclic) bond motifs is 3. The minimum absolute atomic E-state index is 0.987. The first-order chi connectivity index (χ1) is 17.1. The topological polar surface area (TPSA) is 21.2 Å². The van der Waals surface area contributed by atoms with Crippen LogP contribution < -0.4 is 4.57 Å². The molecule has 0 fully saturated rings. The zero-order valence-corrected chi connectivity index (χ0v) is 21.1. The van der Waals surface area contributed by atoms with Gasteiger partial charge in [-0.1, -0.05) is 60.7 Å². The van der Waals surface area contributed by atoms with Crippen LogP contribution in [0, 0.1) is 6.92 Å². The number of pyridine rings is 2. The van der Waals surface area contributed by atoms with Crippen molar-refractivity contribution < 1.29 is 29.7 Å². The van der Waals surface area contributed by atoms with Crippen LogP contribution in [-0.2, 0) is 7.05 Å². The van der Waals surface area contributed by atoms with Crippen LogP contribution in [0.25, 0.3) is 39.5 Å². The van der Waals surface area contributed by atoms with E-state index in [-0.39, 0.29) is 0 Å². The number of hydrogen-bond acceptors (Lipinski definition) is 1. The molecule has 3 nitrogen and oxygen atoms in total. The third-order valence-corrected chi connectivity index (χ3v) is 5.75. The van der Waals surface area contributed by atoms with Crippen molar-refractivity contribution in [2.45, 2.75) is 13.8 Å². The van der Waals surface area contributed by atoms with Gasteiger partial charge in [0, 0.05) is 17.2 Å². The molecule has 0 spiro atoms. The first kappa shape index (κ1) is 26.4. The molecular weight excluding hydrogens is 511 g/mol. The minimum atomic E-state index is -10.7. The van der Waals surface area contributed by atoms with Gasteiger partial charge in [0.15, 0.2) is 5.69 Å². The van der Waals surface area contributed by atoms with Gasteiger partial charge in [-0.2, -0.15) is 4.40 Å². The van der Waals surface area contributed by atoms with Crippen LogP contribution in [0.15, 0.2) is 85.2 Å². The average Bonchev–Trinajstić information content (AvgIpc) is 3.16. The number of aromatic nitrogens is 3. The fourth-order valence-electron chi connectivity index (χ4n) is 4.35. The molecule has 0 amide bonds. The Hall–Kier alpha value is -3.71. The Bertz CT molecular complexity index is 1620. The monoisotopic (exact) mass is 535 g/mol. The molecule has 0 bridgehead atoms. The second-order valence-electron chi connectivity index (χ2n) is 8.72. The summed E-state index contributed by atoms with van der Waals surface area (Å²) >= 11 is 0. The Morgan fingerprint density at radius 2 is 1.43 bits per heavy atom. The molecule has 3 heterocycles. The van der Waals surface area contributed by atoms with Gasteiger partial charge in [-0.15, -0.1) is 0 Å². The van der Waals surface area contributed by atoms with Gasteiger partial charge in [-0.05, 0) is 48.7 Å². The van der Waals surface area contributed by atoms with Crippen LogP contribution in [0.2, 0.25) is 0 Å². The van der Waals surface area contributed by atoms with E-state index < -0.39 is 7.81 Å². The van der Waals surface area contributed by atoms with E-state index in [2.05, 4.69) is 103 Å². The van der Waals surface area contributed by atoms with Crippen LogP contribution in [0.5, 0.6) is 0 Å². The molecule has 37 heavy (non-hydrogen) atoms. The molecule has 0 unspecified atom stereocenters. The fraction of sp³-hybridized carbons (Fsp3) is 0.111. The maximum atomic E-state index is 9.87. The third-order valence-electron chi connectivity index (χ3n) is 5.75. The summed E-state index contributed by atoms with van der Waals surface area (Å²) in [4.78, 5) is 4.79. The Balaban J connectivity index is 0.000000405. The van der Waals surface area contributed by atoms with Crippen LogP contribution in [-0.4, -0.2) is 9.38 Å². The Labute approximate surface area is 209 Å². The van der Waals surface area contributed by atoms with Crippen molar-refractivity contribution in [3.05, 3.63) is 102 Å². The number of nitrogens with zero attached hydrogens (tertiary/aromatic N) is 3. The number of aryl methyl sites for hydroxylation is 2. The van der Waals surface area contributed by atoms with Gasteiger partial charge < -0.3 is 0 Å². The summed E-state index contributed by atoms with van der Waals surface area (Å²) in [5.41, 5.74) is 9.40. The molecular formula is C27H24F6N3P. The molecule has 2 aromatic carbocycles. The molecule has 0 aliphatic carbocycles. The van der Waals surface area contributed by atoms with Gasteiger partial charge in [0.25, 0.3) is 5.65 Å². The normalized spacial score (nSPS) is 14.1. The molecule has 0 saturated carbocycles. The van der Waals surface area contributed by atoms with Gasteiger partial charge in [-0.3, -0.25) is 0 Å². The first-order valence-electron chi connectivity index (χ1n) is 11.2. The van der Waals surface area contributed by atoms with Gasteiger partial charge in [0.1, 0.15) is 6.20 Å². The molecule has 0 atom stereocenters. The van der Waals surface area contributed by atoms with E-state index >= 15 is 0 Å². The average molecular weight is 535 g/mol. The van der Waals surface area contributed by atoms with Gasteiger partial charge >= 0.3 is 33.0 Å².